The number of likely N-dealkylation sites (tertiary alicyclic amines) is 2. The van der Waals surface area contributed by atoms with Gasteiger partial charge in [0.1, 0.15) is 22.5 Å². The largest absolute Gasteiger partial charge is 0.507 e. The monoisotopic (exact) mass is 886 g/mol. The van der Waals surface area contributed by atoms with Crippen LogP contribution in [0.15, 0.2) is 70.7 Å². The third kappa shape index (κ3) is 7.54. The molecule has 6 aromatic rings. The van der Waals surface area contributed by atoms with Crippen LogP contribution >= 0.6 is 22.7 Å². The number of aliphatic hydroxyl groups excluding tert-OH is 1. The Morgan fingerprint density at radius 2 is 1.76 bits per heavy atom. The molecule has 3 aliphatic heterocycles. The lowest BCUT2D eigenvalue weighted by Gasteiger charge is -2.36. The number of nitrogens with zero attached hydrogens (tertiary/aromatic N) is 7. The number of aryl methyl sites for hydroxylation is 2. The second-order valence-corrected chi connectivity index (χ2v) is 19.9. The molecule has 4 aliphatic rings. The van der Waals surface area contributed by atoms with E-state index in [1.54, 1.807) is 34.8 Å². The van der Waals surface area contributed by atoms with Crippen molar-refractivity contribution in [3.8, 4) is 27.4 Å². The molecule has 10 rings (SSSR count). The van der Waals surface area contributed by atoms with E-state index in [0.29, 0.717) is 42.3 Å². The molecular weight excluding hydrogens is 837 g/mol. The van der Waals surface area contributed by atoms with Gasteiger partial charge in [-0.1, -0.05) is 55.4 Å². The summed E-state index contributed by atoms with van der Waals surface area (Å²) in [4.78, 5) is 55.7. The van der Waals surface area contributed by atoms with Gasteiger partial charge in [0, 0.05) is 53.9 Å². The number of carbonyl (C=O) groups excluding carboxylic acids is 3. The highest BCUT2D eigenvalue weighted by molar-refractivity contribution is 7.18. The number of nitrogens with one attached hydrogen (secondary N) is 1. The van der Waals surface area contributed by atoms with Crippen LogP contribution in [0.1, 0.15) is 79.5 Å². The Bertz CT molecular complexity index is 2710. The predicted molar refractivity (Wildman–Crippen MR) is 240 cm³/mol. The van der Waals surface area contributed by atoms with Crippen molar-refractivity contribution in [2.45, 2.75) is 96.0 Å². The molecule has 3 N–H and O–H groups in total. The van der Waals surface area contributed by atoms with Crippen molar-refractivity contribution in [3.05, 3.63) is 93.6 Å². The smallest absolute Gasteiger partial charge is 0.243 e. The minimum absolute atomic E-state index is 0.0393. The van der Waals surface area contributed by atoms with Crippen molar-refractivity contribution in [3.63, 3.8) is 0 Å². The number of anilines is 1. The first-order chi connectivity index (χ1) is 30.4. The molecular formula is C47H50N8O6S2. The summed E-state index contributed by atoms with van der Waals surface area (Å²) >= 11 is 3.23. The summed E-state index contributed by atoms with van der Waals surface area (Å²) in [5, 5.41) is 38.7. The molecule has 1 aliphatic carbocycles. The van der Waals surface area contributed by atoms with Crippen molar-refractivity contribution in [2.75, 3.05) is 24.5 Å². The number of aliphatic hydroxyl groups is 1. The van der Waals surface area contributed by atoms with Crippen LogP contribution < -0.4 is 10.2 Å². The molecule has 0 radical (unpaired) electrons. The molecule has 16 heteroatoms. The van der Waals surface area contributed by atoms with Gasteiger partial charge in [-0.2, -0.15) is 0 Å². The molecule has 326 valence electrons. The third-order valence-electron chi connectivity index (χ3n) is 13.6. The second-order valence-electron chi connectivity index (χ2n) is 17.9. The molecule has 4 aromatic heterocycles. The number of hydrogen-bond donors (Lipinski definition) is 3. The van der Waals surface area contributed by atoms with E-state index in [0.717, 1.165) is 56.7 Å². The van der Waals surface area contributed by atoms with Gasteiger partial charge in [0.15, 0.2) is 11.6 Å². The minimum Gasteiger partial charge on any atom is -0.507 e. The lowest BCUT2D eigenvalue weighted by Crippen LogP contribution is -2.51. The first-order valence-electron chi connectivity index (χ1n) is 21.8. The van der Waals surface area contributed by atoms with Crippen LogP contribution in [0, 0.1) is 18.8 Å². The van der Waals surface area contributed by atoms with Crippen LogP contribution in [0.5, 0.6) is 5.75 Å². The fourth-order valence-corrected chi connectivity index (χ4v) is 12.2. The quantitative estimate of drug-likeness (QED) is 0.134. The topological polar surface area (TPSA) is 178 Å². The summed E-state index contributed by atoms with van der Waals surface area (Å²) in [7, 11) is 0. The van der Waals surface area contributed by atoms with Gasteiger partial charge >= 0.3 is 0 Å². The van der Waals surface area contributed by atoms with Crippen LogP contribution in [-0.2, 0) is 27.2 Å². The van der Waals surface area contributed by atoms with Crippen LogP contribution in [0.2, 0.25) is 0 Å². The summed E-state index contributed by atoms with van der Waals surface area (Å²) in [5.41, 5.74) is 7.21. The zero-order valence-corrected chi connectivity index (χ0v) is 37.2. The maximum atomic E-state index is 14.4. The van der Waals surface area contributed by atoms with Gasteiger partial charge in [-0.25, -0.2) is 4.98 Å². The summed E-state index contributed by atoms with van der Waals surface area (Å²) in [6.07, 6.45) is 2.39. The zero-order valence-electron chi connectivity index (χ0n) is 35.6. The predicted octanol–water partition coefficient (Wildman–Crippen LogP) is 6.66. The first kappa shape index (κ1) is 41.3. The fourth-order valence-electron chi connectivity index (χ4n) is 10.2. The normalized spacial score (nSPS) is 22.8. The Morgan fingerprint density at radius 1 is 0.952 bits per heavy atom. The Labute approximate surface area is 372 Å². The number of aromatic hydroxyl groups is 1. The Hall–Kier alpha value is -5.71. The molecule has 63 heavy (non-hydrogen) atoms. The van der Waals surface area contributed by atoms with E-state index in [1.807, 2.05) is 81.7 Å². The number of benzene rings is 2. The number of aromatic nitrogens is 4. The number of β-amino-alcohol motifs (C(OH)–C–C–N with tert-alkyl or cyclic N) is 1. The van der Waals surface area contributed by atoms with E-state index in [-0.39, 0.29) is 66.4 Å². The summed E-state index contributed by atoms with van der Waals surface area (Å²) < 4.78 is 5.94. The lowest BCUT2D eigenvalue weighted by molar-refractivity contribution is -0.141. The highest BCUT2D eigenvalue weighted by atomic mass is 32.1. The SMILES string of the molecule is Cc1ncsc1-c1ccc(C(C)NC(=O)[C@@H]2C[C@@H](O)CN2C(=O)C(c2cc(N3C[C@H]4C[C@@H]3CN4C(=O)[C@@H]3CCc4sc5nnc(-c6ccccc6O)cc5c4C3)no2)C(C)C)cc1. The van der Waals surface area contributed by atoms with E-state index >= 15 is 0 Å². The second kappa shape index (κ2) is 16.4. The number of rotatable bonds is 10. The number of carbonyl (C=O) groups is 3. The molecule has 0 spiro atoms. The van der Waals surface area contributed by atoms with Gasteiger partial charge in [-0.15, -0.1) is 32.9 Å². The number of phenols is 1. The van der Waals surface area contributed by atoms with E-state index in [4.69, 9.17) is 4.52 Å². The van der Waals surface area contributed by atoms with Crippen molar-refractivity contribution >= 4 is 56.4 Å². The molecule has 0 saturated carbocycles. The average Bonchev–Trinajstić information content (AvgIpc) is 4.15. The molecule has 14 nitrogen and oxygen atoms in total. The average molecular weight is 887 g/mol. The van der Waals surface area contributed by atoms with Gasteiger partial charge in [0.05, 0.1) is 46.0 Å². The van der Waals surface area contributed by atoms with Gasteiger partial charge in [-0.3, -0.25) is 14.4 Å². The van der Waals surface area contributed by atoms with Gasteiger partial charge in [-0.05, 0) is 80.3 Å². The van der Waals surface area contributed by atoms with Crippen LogP contribution in [0.3, 0.4) is 0 Å². The summed E-state index contributed by atoms with van der Waals surface area (Å²) in [6.45, 7) is 9.05. The molecule has 7 atom stereocenters. The number of phenolic OH excluding ortho intramolecular Hbond substituents is 1. The maximum absolute atomic E-state index is 14.4. The number of thiazole rings is 1. The fraction of sp³-hybridized carbons (Fsp3) is 0.426. The number of para-hydroxylation sites is 1. The standard InChI is InChI=1S/C47H50N8O6S2/c1-24(2)42(47(60)55-22-32(56)17-37(55)44(58)49-25(3)27-9-11-28(12-10-27)43-26(4)48-23-62-43)39-19-41(52-61-39)53-20-31-16-30(53)21-54(31)46(59)29-13-14-40-34(15-29)35-18-36(50-51-45(35)63-40)33-7-5-6-8-38(33)57/h5-12,18-19,23-25,29-32,37,42,56-57H,13-17,20-22H2,1-4H3,(H,49,58)/t25?,29-,30-,31-,32-,37+,42?/m1/s1. The minimum atomic E-state index is -0.834. The molecule has 3 saturated heterocycles. The number of thiophene rings is 1. The Morgan fingerprint density at radius 3 is 2.49 bits per heavy atom. The van der Waals surface area contributed by atoms with Crippen LogP contribution in [0.25, 0.3) is 31.9 Å². The number of fused-ring (bicyclic) bond motifs is 5. The highest BCUT2D eigenvalue weighted by Crippen LogP contribution is 2.42. The number of piperazine rings is 1. The summed E-state index contributed by atoms with van der Waals surface area (Å²) in [6, 6.07) is 18.0. The van der Waals surface area contributed by atoms with Crippen molar-refractivity contribution in [2.24, 2.45) is 11.8 Å². The first-order valence-corrected chi connectivity index (χ1v) is 23.5. The molecule has 2 bridgehead atoms. The highest BCUT2D eigenvalue weighted by Gasteiger charge is 2.49. The molecule has 2 unspecified atom stereocenters. The van der Waals surface area contributed by atoms with Gasteiger partial charge < -0.3 is 34.8 Å². The molecule has 7 heterocycles. The molecule has 3 amide bonds. The van der Waals surface area contributed by atoms with Crippen molar-refractivity contribution in [1.82, 2.24) is 35.5 Å². The molecule has 3 fully saturated rings. The molecule has 2 aromatic carbocycles. The number of amides is 3. The Balaban J connectivity index is 0.786. The number of hydrogen-bond acceptors (Lipinski definition) is 13. The van der Waals surface area contributed by atoms with Gasteiger partial charge in [0.2, 0.25) is 17.7 Å². The van der Waals surface area contributed by atoms with Gasteiger partial charge in [0.25, 0.3) is 0 Å². The van der Waals surface area contributed by atoms with E-state index < -0.39 is 18.1 Å². The zero-order chi connectivity index (χ0) is 43.7. The lowest BCUT2D eigenvalue weighted by atomic mass is 9.86. The maximum Gasteiger partial charge on any atom is 0.243 e. The summed E-state index contributed by atoms with van der Waals surface area (Å²) in [5.74, 6) is -0.227. The van der Waals surface area contributed by atoms with Crippen molar-refractivity contribution < 1.29 is 29.1 Å². The Kier molecular flexibility index (Phi) is 10.8. The van der Waals surface area contributed by atoms with Crippen LogP contribution in [0.4, 0.5) is 5.82 Å². The van der Waals surface area contributed by atoms with E-state index in [9.17, 15) is 24.6 Å². The van der Waals surface area contributed by atoms with Crippen molar-refractivity contribution in [1.29, 1.82) is 0 Å². The third-order valence-corrected chi connectivity index (χ3v) is 15.7. The van der Waals surface area contributed by atoms with E-state index in [1.165, 1.54) is 9.78 Å². The van der Waals surface area contributed by atoms with E-state index in [2.05, 4.69) is 35.5 Å². The van der Waals surface area contributed by atoms with Crippen LogP contribution in [-0.4, -0.2) is 102 Å².